The lowest BCUT2D eigenvalue weighted by atomic mass is 10.1. The zero-order valence-corrected chi connectivity index (χ0v) is 17.3. The maximum atomic E-state index is 14.0. The molecule has 1 amide bonds. The number of sulfonamides is 1. The second-order valence-corrected chi connectivity index (χ2v) is 8.15. The molecule has 0 aliphatic heterocycles. The van der Waals surface area contributed by atoms with Crippen molar-refractivity contribution < 1.29 is 35.5 Å². The van der Waals surface area contributed by atoms with Crippen LogP contribution in [0.5, 0.6) is 0 Å². The van der Waals surface area contributed by atoms with E-state index < -0.39 is 33.6 Å². The molecule has 12 heteroatoms. The normalized spacial score (nSPS) is 12.2. The van der Waals surface area contributed by atoms with Gasteiger partial charge in [-0.05, 0) is 35.4 Å². The van der Waals surface area contributed by atoms with Gasteiger partial charge in [0.05, 0.1) is 24.2 Å². The molecule has 0 aliphatic rings. The van der Waals surface area contributed by atoms with Crippen molar-refractivity contribution in [3.05, 3.63) is 64.7 Å². The predicted octanol–water partition coefficient (Wildman–Crippen LogP) is 3.09. The lowest BCUT2D eigenvalue weighted by Gasteiger charge is -2.10. The Morgan fingerprint density at radius 1 is 1.23 bits per heavy atom. The Kier molecular flexibility index (Phi) is 7.74. The summed E-state index contributed by atoms with van der Waals surface area (Å²) in [5.74, 6) is -1.39. The molecule has 0 fully saturated rings. The largest absolute Gasteiger partial charge is 0.433 e. The van der Waals surface area contributed by atoms with Crippen molar-refractivity contribution in [2.75, 3.05) is 18.1 Å². The number of nitrogens with one attached hydrogen (secondary N) is 2. The molecule has 0 spiro atoms. The summed E-state index contributed by atoms with van der Waals surface area (Å²) in [6.45, 7) is -0.242. The van der Waals surface area contributed by atoms with Crippen LogP contribution in [-0.4, -0.2) is 32.7 Å². The fourth-order valence-electron chi connectivity index (χ4n) is 2.44. The van der Waals surface area contributed by atoms with E-state index in [1.54, 1.807) is 0 Å². The minimum absolute atomic E-state index is 0.0115. The summed E-state index contributed by atoms with van der Waals surface area (Å²) in [5, 5.41) is 2.49. The molecule has 1 heterocycles. The first-order valence-electron chi connectivity index (χ1n) is 8.67. The molecule has 2 N–H and O–H groups in total. The predicted molar refractivity (Wildman–Crippen MR) is 106 cm³/mol. The third-order valence-corrected chi connectivity index (χ3v) is 4.38. The molecule has 0 aliphatic carbocycles. The van der Waals surface area contributed by atoms with E-state index in [0.717, 1.165) is 24.5 Å². The van der Waals surface area contributed by atoms with Crippen LogP contribution in [-0.2, 0) is 38.9 Å². The van der Waals surface area contributed by atoms with Crippen LogP contribution in [0.4, 0.5) is 23.2 Å². The molecule has 7 nitrogen and oxygen atoms in total. The van der Waals surface area contributed by atoms with Gasteiger partial charge in [-0.3, -0.25) is 9.52 Å². The SMILES string of the molecule is COCc1nc(C(F)(F)F)ccc1/C=C/C(=O)NCc1ccc(NS(C)(=O)=O)c(F)c1. The zero-order chi connectivity index (χ0) is 23.2. The first-order valence-corrected chi connectivity index (χ1v) is 10.6. The number of hydrogen-bond donors (Lipinski definition) is 2. The van der Waals surface area contributed by atoms with Gasteiger partial charge in [0.2, 0.25) is 15.9 Å². The Balaban J connectivity index is 2.05. The second-order valence-electron chi connectivity index (χ2n) is 6.40. The summed E-state index contributed by atoms with van der Waals surface area (Å²) in [4.78, 5) is 15.5. The Morgan fingerprint density at radius 3 is 2.52 bits per heavy atom. The van der Waals surface area contributed by atoms with Crippen molar-refractivity contribution >= 4 is 27.7 Å². The average Bonchev–Trinajstić information content (AvgIpc) is 2.65. The highest BCUT2D eigenvalue weighted by atomic mass is 32.2. The lowest BCUT2D eigenvalue weighted by molar-refractivity contribution is -0.141. The van der Waals surface area contributed by atoms with Crippen LogP contribution in [0, 0.1) is 5.82 Å². The molecule has 31 heavy (non-hydrogen) atoms. The third-order valence-electron chi connectivity index (χ3n) is 3.79. The van der Waals surface area contributed by atoms with Crippen molar-refractivity contribution in [1.82, 2.24) is 10.3 Å². The van der Waals surface area contributed by atoms with Crippen LogP contribution >= 0.6 is 0 Å². The first kappa shape index (κ1) is 24.3. The number of halogens is 4. The van der Waals surface area contributed by atoms with Crippen molar-refractivity contribution in [2.45, 2.75) is 19.3 Å². The molecular formula is C19H19F4N3O4S. The molecule has 1 aromatic heterocycles. The van der Waals surface area contributed by atoms with Gasteiger partial charge in [-0.2, -0.15) is 13.2 Å². The van der Waals surface area contributed by atoms with Gasteiger partial charge in [0.25, 0.3) is 0 Å². The number of carbonyl (C=O) groups is 1. The lowest BCUT2D eigenvalue weighted by Crippen LogP contribution is -2.20. The fraction of sp³-hybridized carbons (Fsp3) is 0.263. The average molecular weight is 461 g/mol. The topological polar surface area (TPSA) is 97.4 Å². The zero-order valence-electron chi connectivity index (χ0n) is 16.5. The maximum Gasteiger partial charge on any atom is 0.433 e. The number of aromatic nitrogens is 1. The maximum absolute atomic E-state index is 14.0. The van der Waals surface area contributed by atoms with Gasteiger partial charge in [-0.25, -0.2) is 17.8 Å². The number of carbonyl (C=O) groups excluding carboxylic acids is 1. The van der Waals surface area contributed by atoms with E-state index in [0.29, 0.717) is 5.56 Å². The Bertz CT molecular complexity index is 1090. The second kappa shape index (κ2) is 9.88. The molecule has 0 unspecified atom stereocenters. The molecule has 0 atom stereocenters. The van der Waals surface area contributed by atoms with Crippen LogP contribution in [0.25, 0.3) is 6.08 Å². The van der Waals surface area contributed by atoms with Crippen LogP contribution in [0.15, 0.2) is 36.4 Å². The van der Waals surface area contributed by atoms with Crippen molar-refractivity contribution in [2.24, 2.45) is 0 Å². The van der Waals surface area contributed by atoms with Crippen LogP contribution in [0.1, 0.15) is 22.5 Å². The van der Waals surface area contributed by atoms with E-state index in [2.05, 4.69) is 10.3 Å². The highest BCUT2D eigenvalue weighted by Gasteiger charge is 2.32. The Hall–Kier alpha value is -2.99. The molecule has 2 rings (SSSR count). The minimum Gasteiger partial charge on any atom is -0.378 e. The van der Waals surface area contributed by atoms with Gasteiger partial charge >= 0.3 is 6.18 Å². The summed E-state index contributed by atoms with van der Waals surface area (Å²) >= 11 is 0. The molecule has 0 saturated heterocycles. The number of ether oxygens (including phenoxy) is 1. The van der Waals surface area contributed by atoms with Gasteiger partial charge in [-0.15, -0.1) is 0 Å². The number of nitrogens with zero attached hydrogens (tertiary/aromatic N) is 1. The van der Waals surface area contributed by atoms with E-state index in [1.807, 2.05) is 4.72 Å². The van der Waals surface area contributed by atoms with Crippen LogP contribution in [0.2, 0.25) is 0 Å². The van der Waals surface area contributed by atoms with Gasteiger partial charge in [0.1, 0.15) is 11.5 Å². The highest BCUT2D eigenvalue weighted by molar-refractivity contribution is 7.92. The van der Waals surface area contributed by atoms with Gasteiger partial charge in [0, 0.05) is 19.7 Å². The molecule has 0 radical (unpaired) electrons. The number of amides is 1. The van der Waals surface area contributed by atoms with E-state index in [9.17, 15) is 30.8 Å². The van der Waals surface area contributed by atoms with Crippen molar-refractivity contribution in [3.63, 3.8) is 0 Å². The molecule has 1 aromatic carbocycles. The number of benzene rings is 1. The van der Waals surface area contributed by atoms with Crippen LogP contribution in [0.3, 0.4) is 0 Å². The summed E-state index contributed by atoms with van der Waals surface area (Å²) in [7, 11) is -2.33. The number of alkyl halides is 3. The van der Waals surface area contributed by atoms with Crippen LogP contribution < -0.4 is 10.0 Å². The standard InChI is InChI=1S/C19H19F4N3O4S/c1-30-11-16-13(4-7-17(25-16)19(21,22)23)5-8-18(27)24-10-12-3-6-15(14(20)9-12)26-31(2,28)29/h3-9,26H,10-11H2,1-2H3,(H,24,27)/b8-5+. The number of methoxy groups -OCH3 is 1. The van der Waals surface area contributed by atoms with E-state index in [1.165, 1.54) is 31.4 Å². The molecular weight excluding hydrogens is 442 g/mol. The van der Waals surface area contributed by atoms with E-state index in [-0.39, 0.29) is 30.1 Å². The molecule has 0 bridgehead atoms. The van der Waals surface area contributed by atoms with E-state index >= 15 is 0 Å². The molecule has 2 aromatic rings. The first-order chi connectivity index (χ1) is 14.4. The summed E-state index contributed by atoms with van der Waals surface area (Å²) in [6, 6.07) is 5.69. The van der Waals surface area contributed by atoms with Gasteiger partial charge in [-0.1, -0.05) is 12.1 Å². The van der Waals surface area contributed by atoms with Crippen molar-refractivity contribution in [1.29, 1.82) is 0 Å². The summed E-state index contributed by atoms with van der Waals surface area (Å²) < 4.78 is 81.6. The number of hydrogen-bond acceptors (Lipinski definition) is 5. The quantitative estimate of drug-likeness (QED) is 0.465. The smallest absolute Gasteiger partial charge is 0.378 e. The van der Waals surface area contributed by atoms with Gasteiger partial charge in [0.15, 0.2) is 0 Å². The Labute approximate surface area is 176 Å². The fourth-order valence-corrected chi connectivity index (χ4v) is 3.00. The number of rotatable bonds is 8. The van der Waals surface area contributed by atoms with Gasteiger partial charge < -0.3 is 10.1 Å². The van der Waals surface area contributed by atoms with Crippen molar-refractivity contribution in [3.8, 4) is 0 Å². The van der Waals surface area contributed by atoms with E-state index in [4.69, 9.17) is 4.74 Å². The summed E-state index contributed by atoms with van der Waals surface area (Å²) in [6.07, 6.45) is -1.34. The highest BCUT2D eigenvalue weighted by Crippen LogP contribution is 2.28. The minimum atomic E-state index is -4.61. The summed E-state index contributed by atoms with van der Waals surface area (Å²) in [5.41, 5.74) is -0.644. The number of pyridine rings is 1. The molecule has 168 valence electrons. The monoisotopic (exact) mass is 461 g/mol. The third kappa shape index (κ3) is 7.64. The number of anilines is 1. The Morgan fingerprint density at radius 2 is 1.94 bits per heavy atom. The molecule has 0 saturated carbocycles.